The molecule has 1 aromatic heterocycles. The van der Waals surface area contributed by atoms with E-state index < -0.39 is 10.0 Å². The lowest BCUT2D eigenvalue weighted by atomic mass is 10.4. The van der Waals surface area contributed by atoms with Crippen LogP contribution in [0.1, 0.15) is 0 Å². The molecule has 7 heteroatoms. The van der Waals surface area contributed by atoms with Gasteiger partial charge >= 0.3 is 0 Å². The van der Waals surface area contributed by atoms with Gasteiger partial charge in [0.05, 0.1) is 4.90 Å². The summed E-state index contributed by atoms with van der Waals surface area (Å²) in [6.45, 7) is 0. The maximum absolute atomic E-state index is 11.9. The minimum atomic E-state index is -3.54. The maximum atomic E-state index is 11.9. The summed E-state index contributed by atoms with van der Waals surface area (Å²) in [5, 5.41) is 7.28. The fourth-order valence-electron chi connectivity index (χ4n) is 1.26. The molecule has 0 saturated heterocycles. The van der Waals surface area contributed by atoms with E-state index >= 15 is 0 Å². The predicted molar refractivity (Wildman–Crippen MR) is 67.6 cm³/mol. The Morgan fingerprint density at radius 2 is 2.00 bits per heavy atom. The Balaban J connectivity index is 2.24. The number of H-pyrrole nitrogens is 1. The number of hydrogen-bond acceptors (Lipinski definition) is 4. The smallest absolute Gasteiger partial charge is 0.263 e. The van der Waals surface area contributed by atoms with Crippen molar-refractivity contribution in [2.45, 2.75) is 9.92 Å². The van der Waals surface area contributed by atoms with Crippen molar-refractivity contribution in [2.24, 2.45) is 0 Å². The molecule has 17 heavy (non-hydrogen) atoms. The molecular weight excluding hydrogens is 258 g/mol. The Labute approximate surface area is 104 Å². The first kappa shape index (κ1) is 12.0. The summed E-state index contributed by atoms with van der Waals surface area (Å²) in [5.41, 5.74) is 0. The number of nitrogens with one attached hydrogen (secondary N) is 2. The van der Waals surface area contributed by atoms with Crippen LogP contribution in [0.25, 0.3) is 0 Å². The van der Waals surface area contributed by atoms with Crippen molar-refractivity contribution in [3.8, 4) is 0 Å². The number of anilines is 1. The minimum Gasteiger partial charge on any atom is -0.264 e. The fraction of sp³-hybridized carbons (Fsp3) is 0.100. The van der Waals surface area contributed by atoms with Crippen molar-refractivity contribution in [3.63, 3.8) is 0 Å². The number of aromatic amines is 1. The van der Waals surface area contributed by atoms with Crippen LogP contribution < -0.4 is 4.72 Å². The summed E-state index contributed by atoms with van der Waals surface area (Å²) < 4.78 is 26.3. The summed E-state index contributed by atoms with van der Waals surface area (Å²) >= 11 is 1.43. The Kier molecular flexibility index (Phi) is 3.39. The van der Waals surface area contributed by atoms with E-state index in [1.807, 2.05) is 6.26 Å². The summed E-state index contributed by atoms with van der Waals surface area (Å²) in [5.74, 6) is 0.359. The van der Waals surface area contributed by atoms with Crippen LogP contribution in [0.15, 0.2) is 46.3 Å². The average Bonchev–Trinajstić information content (AvgIpc) is 2.77. The molecule has 0 aliphatic carbocycles. The van der Waals surface area contributed by atoms with E-state index in [9.17, 15) is 8.42 Å². The van der Waals surface area contributed by atoms with Crippen LogP contribution in [-0.2, 0) is 10.0 Å². The molecule has 0 aliphatic heterocycles. The summed E-state index contributed by atoms with van der Waals surface area (Å²) in [7, 11) is -3.54. The van der Waals surface area contributed by atoms with E-state index in [4.69, 9.17) is 0 Å². The highest BCUT2D eigenvalue weighted by molar-refractivity contribution is 7.98. The molecule has 0 spiro atoms. The number of thioether (sulfide) groups is 1. The molecule has 0 atom stereocenters. The highest BCUT2D eigenvalue weighted by atomic mass is 32.2. The number of sulfonamides is 1. The first-order chi connectivity index (χ1) is 8.12. The minimum absolute atomic E-state index is 0.223. The topological polar surface area (TPSA) is 74.8 Å². The highest BCUT2D eigenvalue weighted by Gasteiger charge is 2.14. The quantitative estimate of drug-likeness (QED) is 0.832. The SMILES string of the molecule is CSc1cc(NS(=O)(=O)c2ccccc2)[nH]n1. The molecule has 5 nitrogen and oxygen atoms in total. The van der Waals surface area contributed by atoms with E-state index in [2.05, 4.69) is 14.9 Å². The molecule has 0 saturated carbocycles. The van der Waals surface area contributed by atoms with Crippen LogP contribution >= 0.6 is 11.8 Å². The van der Waals surface area contributed by atoms with Gasteiger partial charge in [0.25, 0.3) is 10.0 Å². The molecule has 0 aliphatic rings. The van der Waals surface area contributed by atoms with Gasteiger partial charge < -0.3 is 0 Å². The zero-order valence-electron chi connectivity index (χ0n) is 9.04. The molecule has 90 valence electrons. The maximum Gasteiger partial charge on any atom is 0.263 e. The Morgan fingerprint density at radius 1 is 1.29 bits per heavy atom. The number of rotatable bonds is 4. The Hall–Kier alpha value is -1.47. The lowest BCUT2D eigenvalue weighted by Crippen LogP contribution is -2.12. The molecule has 0 fully saturated rings. The zero-order chi connectivity index (χ0) is 12.3. The molecule has 0 unspecified atom stereocenters. The van der Waals surface area contributed by atoms with Crippen molar-refractivity contribution >= 4 is 27.6 Å². The van der Waals surface area contributed by atoms with Gasteiger partial charge in [-0.2, -0.15) is 5.10 Å². The van der Waals surface area contributed by atoms with E-state index in [0.717, 1.165) is 5.03 Å². The van der Waals surface area contributed by atoms with Gasteiger partial charge in [0, 0.05) is 6.07 Å². The third-order valence-electron chi connectivity index (χ3n) is 2.06. The second-order valence-electron chi connectivity index (χ2n) is 3.24. The molecule has 2 N–H and O–H groups in total. The zero-order valence-corrected chi connectivity index (χ0v) is 10.7. The van der Waals surface area contributed by atoms with Crippen LogP contribution in [0, 0.1) is 0 Å². The van der Waals surface area contributed by atoms with E-state index in [1.165, 1.54) is 23.9 Å². The molecular formula is C10H11N3O2S2. The van der Waals surface area contributed by atoms with Crippen molar-refractivity contribution in [3.05, 3.63) is 36.4 Å². The first-order valence-corrected chi connectivity index (χ1v) is 7.50. The van der Waals surface area contributed by atoms with Crippen LogP contribution in [0.5, 0.6) is 0 Å². The van der Waals surface area contributed by atoms with Gasteiger partial charge in [-0.3, -0.25) is 9.82 Å². The first-order valence-electron chi connectivity index (χ1n) is 4.79. The number of aromatic nitrogens is 2. The van der Waals surface area contributed by atoms with Crippen LogP contribution in [0.3, 0.4) is 0 Å². The number of nitrogens with zero attached hydrogens (tertiary/aromatic N) is 1. The molecule has 1 aromatic carbocycles. The van der Waals surface area contributed by atoms with Crippen LogP contribution in [-0.4, -0.2) is 24.9 Å². The average molecular weight is 269 g/mol. The second-order valence-corrected chi connectivity index (χ2v) is 5.75. The normalized spacial score (nSPS) is 11.4. The highest BCUT2D eigenvalue weighted by Crippen LogP contribution is 2.18. The van der Waals surface area contributed by atoms with E-state index in [-0.39, 0.29) is 4.90 Å². The summed E-state index contributed by atoms with van der Waals surface area (Å²) in [6.07, 6.45) is 1.87. The summed E-state index contributed by atoms with van der Waals surface area (Å²) in [6, 6.07) is 9.83. The van der Waals surface area contributed by atoms with Crippen molar-refractivity contribution in [2.75, 3.05) is 11.0 Å². The van der Waals surface area contributed by atoms with Crippen molar-refractivity contribution in [1.82, 2.24) is 10.2 Å². The largest absolute Gasteiger partial charge is 0.264 e. The third kappa shape index (κ3) is 2.80. The van der Waals surface area contributed by atoms with Gasteiger partial charge in [0.15, 0.2) is 0 Å². The molecule has 2 aromatic rings. The standard InChI is InChI=1S/C10H11N3O2S2/c1-16-10-7-9(11-12-10)13-17(14,15)8-5-3-2-4-6-8/h2-7H,1H3,(H2,11,12,13). The Bertz CT molecular complexity index is 593. The molecule has 0 amide bonds. The van der Waals surface area contributed by atoms with Gasteiger partial charge in [0.1, 0.15) is 10.8 Å². The predicted octanol–water partition coefficient (Wildman–Crippen LogP) is 1.93. The van der Waals surface area contributed by atoms with E-state index in [1.54, 1.807) is 24.3 Å². The second kappa shape index (κ2) is 4.80. The van der Waals surface area contributed by atoms with Gasteiger partial charge in [-0.05, 0) is 18.4 Å². The lowest BCUT2D eigenvalue weighted by molar-refractivity contribution is 0.601. The van der Waals surface area contributed by atoms with Crippen molar-refractivity contribution in [1.29, 1.82) is 0 Å². The molecule has 1 heterocycles. The third-order valence-corrected chi connectivity index (χ3v) is 4.07. The fourth-order valence-corrected chi connectivity index (χ4v) is 2.66. The number of hydrogen-bond donors (Lipinski definition) is 2. The lowest BCUT2D eigenvalue weighted by Gasteiger charge is -2.04. The summed E-state index contributed by atoms with van der Waals surface area (Å²) in [4.78, 5) is 0.223. The van der Waals surface area contributed by atoms with Crippen LogP contribution in [0.2, 0.25) is 0 Å². The monoisotopic (exact) mass is 269 g/mol. The van der Waals surface area contributed by atoms with Gasteiger partial charge in [-0.15, -0.1) is 11.8 Å². The Morgan fingerprint density at radius 3 is 2.59 bits per heavy atom. The van der Waals surface area contributed by atoms with Crippen molar-refractivity contribution < 1.29 is 8.42 Å². The van der Waals surface area contributed by atoms with Gasteiger partial charge in [0.2, 0.25) is 0 Å². The van der Waals surface area contributed by atoms with Crippen LogP contribution in [0.4, 0.5) is 5.82 Å². The molecule has 2 rings (SSSR count). The molecule has 0 bridgehead atoms. The van der Waals surface area contributed by atoms with E-state index in [0.29, 0.717) is 5.82 Å². The van der Waals surface area contributed by atoms with Gasteiger partial charge in [-0.25, -0.2) is 8.42 Å². The molecule has 0 radical (unpaired) electrons. The number of benzene rings is 1. The van der Waals surface area contributed by atoms with Gasteiger partial charge in [-0.1, -0.05) is 18.2 Å².